The fourth-order valence-corrected chi connectivity index (χ4v) is 4.25. The molecule has 0 aliphatic heterocycles. The molecule has 0 radical (unpaired) electrons. The van der Waals surface area contributed by atoms with E-state index in [-0.39, 0.29) is 25.2 Å². The van der Waals surface area contributed by atoms with Gasteiger partial charge in [-0.05, 0) is 76.3 Å². The first-order chi connectivity index (χ1) is 10.2. The number of benzene rings is 1. The van der Waals surface area contributed by atoms with Crippen molar-refractivity contribution < 1.29 is 18.4 Å². The number of carbonyl (C=O) groups is 1. The highest BCUT2D eigenvalue weighted by molar-refractivity contribution is 7.54. The summed E-state index contributed by atoms with van der Waals surface area (Å²) in [5.74, 6) is -0.175. The third-order valence-corrected chi connectivity index (χ3v) is 6.25. The lowest BCUT2D eigenvalue weighted by Gasteiger charge is -2.20. The van der Waals surface area contributed by atoms with Crippen LogP contribution in [0.4, 0.5) is 0 Å². The summed E-state index contributed by atoms with van der Waals surface area (Å²) in [5.41, 5.74) is 5.96. The van der Waals surface area contributed by atoms with Crippen LogP contribution in [0.15, 0.2) is 0 Å². The monoisotopic (exact) mass is 326 g/mol. The minimum atomic E-state index is -3.37. The van der Waals surface area contributed by atoms with Crippen molar-refractivity contribution in [1.29, 1.82) is 0 Å². The summed E-state index contributed by atoms with van der Waals surface area (Å²) in [5, 5.41) is 0. The van der Waals surface area contributed by atoms with Gasteiger partial charge >= 0.3 is 7.60 Å². The molecule has 124 valence electrons. The minimum Gasteiger partial charge on any atom is -0.309 e. The van der Waals surface area contributed by atoms with Crippen LogP contribution in [0.3, 0.4) is 0 Å². The largest absolute Gasteiger partial charge is 0.338 e. The van der Waals surface area contributed by atoms with E-state index in [4.69, 9.17) is 9.05 Å². The highest BCUT2D eigenvalue weighted by atomic mass is 31.2. The van der Waals surface area contributed by atoms with Crippen molar-refractivity contribution in [3.05, 3.63) is 33.4 Å². The first kappa shape index (κ1) is 19.1. The molecule has 0 unspecified atom stereocenters. The first-order valence-electron chi connectivity index (χ1n) is 7.66. The van der Waals surface area contributed by atoms with Crippen LogP contribution in [0.25, 0.3) is 0 Å². The Morgan fingerprint density at radius 1 is 0.818 bits per heavy atom. The molecule has 0 amide bonds. The maximum atomic E-state index is 12.7. The molecule has 0 heterocycles. The summed E-state index contributed by atoms with van der Waals surface area (Å²) in [6, 6.07) is 0. The van der Waals surface area contributed by atoms with Crippen LogP contribution in [0.2, 0.25) is 0 Å². The molecular formula is C17H27O4P. The van der Waals surface area contributed by atoms with Crippen LogP contribution in [-0.2, 0) is 13.6 Å². The van der Waals surface area contributed by atoms with E-state index in [1.807, 2.05) is 27.7 Å². The summed E-state index contributed by atoms with van der Waals surface area (Å²) in [4.78, 5) is 12.7. The zero-order chi connectivity index (χ0) is 17.1. The van der Waals surface area contributed by atoms with Gasteiger partial charge in [0, 0.05) is 5.56 Å². The van der Waals surface area contributed by atoms with E-state index in [1.54, 1.807) is 13.8 Å². The van der Waals surface area contributed by atoms with Crippen molar-refractivity contribution in [2.24, 2.45) is 0 Å². The summed E-state index contributed by atoms with van der Waals surface area (Å²) in [6.45, 7) is 14.0. The standard InChI is InChI=1S/C17H27O4P/c1-8-20-22(19,21-9-2)10-16(18)17-14(6)12(4)11(3)13(5)15(17)7/h8-10H2,1-7H3. The van der Waals surface area contributed by atoms with Crippen LogP contribution < -0.4 is 0 Å². The predicted octanol–water partition coefficient (Wildman–Crippen LogP) is 4.68. The molecule has 4 nitrogen and oxygen atoms in total. The number of ketones is 1. The van der Waals surface area contributed by atoms with Crippen molar-refractivity contribution in [3.8, 4) is 0 Å². The lowest BCUT2D eigenvalue weighted by molar-refractivity contribution is 0.100. The van der Waals surface area contributed by atoms with E-state index >= 15 is 0 Å². The molecule has 1 aromatic carbocycles. The van der Waals surface area contributed by atoms with Crippen molar-refractivity contribution in [2.45, 2.75) is 48.5 Å². The quantitative estimate of drug-likeness (QED) is 0.539. The Balaban J connectivity index is 3.27. The maximum Gasteiger partial charge on any atom is 0.338 e. The molecule has 1 rings (SSSR count). The van der Waals surface area contributed by atoms with Crippen molar-refractivity contribution >= 4 is 13.4 Å². The fraction of sp³-hybridized carbons (Fsp3) is 0.588. The molecule has 22 heavy (non-hydrogen) atoms. The van der Waals surface area contributed by atoms with Gasteiger partial charge < -0.3 is 9.05 Å². The lowest BCUT2D eigenvalue weighted by Crippen LogP contribution is -2.15. The minimum absolute atomic E-state index is 0.175. The molecular weight excluding hydrogens is 299 g/mol. The van der Waals surface area contributed by atoms with Crippen molar-refractivity contribution in [2.75, 3.05) is 19.4 Å². The van der Waals surface area contributed by atoms with E-state index in [1.165, 1.54) is 5.56 Å². The molecule has 0 fully saturated rings. The fourth-order valence-electron chi connectivity index (χ4n) is 2.70. The highest BCUT2D eigenvalue weighted by Crippen LogP contribution is 2.48. The average molecular weight is 326 g/mol. The Bertz CT molecular complexity index is 581. The van der Waals surface area contributed by atoms with E-state index in [2.05, 4.69) is 6.92 Å². The van der Waals surface area contributed by atoms with Gasteiger partial charge in [-0.1, -0.05) is 0 Å². The van der Waals surface area contributed by atoms with Gasteiger partial charge in [0.15, 0.2) is 5.78 Å². The van der Waals surface area contributed by atoms with Gasteiger partial charge in [-0.2, -0.15) is 0 Å². The van der Waals surface area contributed by atoms with E-state index in [9.17, 15) is 9.36 Å². The SMILES string of the molecule is CCOP(=O)(CC(=O)c1c(C)c(C)c(C)c(C)c1C)OCC. The molecule has 0 spiro atoms. The number of rotatable bonds is 7. The number of Topliss-reactive ketones (excluding diaryl/α,β-unsaturated/α-hetero) is 1. The van der Waals surface area contributed by atoms with Gasteiger partial charge in [-0.3, -0.25) is 9.36 Å². The smallest absolute Gasteiger partial charge is 0.309 e. The van der Waals surface area contributed by atoms with E-state index in [0.29, 0.717) is 5.56 Å². The molecule has 0 aliphatic rings. The van der Waals surface area contributed by atoms with Crippen molar-refractivity contribution in [3.63, 3.8) is 0 Å². The third kappa shape index (κ3) is 3.87. The molecule has 0 aliphatic carbocycles. The predicted molar refractivity (Wildman–Crippen MR) is 90.2 cm³/mol. The van der Waals surface area contributed by atoms with Gasteiger partial charge in [0.25, 0.3) is 0 Å². The summed E-state index contributed by atoms with van der Waals surface area (Å²) >= 11 is 0. The lowest BCUT2D eigenvalue weighted by atomic mass is 9.88. The van der Waals surface area contributed by atoms with Crippen molar-refractivity contribution in [1.82, 2.24) is 0 Å². The van der Waals surface area contributed by atoms with Gasteiger partial charge in [-0.25, -0.2) is 0 Å². The molecule has 0 saturated heterocycles. The number of hydrogen-bond acceptors (Lipinski definition) is 4. The van der Waals surface area contributed by atoms with Gasteiger partial charge in [0.05, 0.1) is 13.2 Å². The van der Waals surface area contributed by atoms with E-state index in [0.717, 1.165) is 22.3 Å². The number of hydrogen-bond donors (Lipinski definition) is 0. The van der Waals surface area contributed by atoms with Gasteiger partial charge in [0.2, 0.25) is 0 Å². The molecule has 0 bridgehead atoms. The average Bonchev–Trinajstić information content (AvgIpc) is 2.43. The Hall–Kier alpha value is -0.960. The molecule has 0 atom stereocenters. The molecule has 5 heteroatoms. The van der Waals surface area contributed by atoms with Crippen LogP contribution >= 0.6 is 7.60 Å². The molecule has 0 saturated carbocycles. The summed E-state index contributed by atoms with van der Waals surface area (Å²) < 4.78 is 23.1. The third-order valence-electron chi connectivity index (χ3n) is 4.27. The summed E-state index contributed by atoms with van der Waals surface area (Å²) in [7, 11) is -3.37. The van der Waals surface area contributed by atoms with Crippen LogP contribution in [-0.4, -0.2) is 25.2 Å². The topological polar surface area (TPSA) is 52.6 Å². The second-order valence-electron chi connectivity index (χ2n) is 5.53. The zero-order valence-corrected chi connectivity index (χ0v) is 15.6. The Kier molecular flexibility index (Phi) is 6.54. The number of carbonyl (C=O) groups excluding carboxylic acids is 1. The Morgan fingerprint density at radius 3 is 1.55 bits per heavy atom. The second kappa shape index (κ2) is 7.54. The first-order valence-corrected chi connectivity index (χ1v) is 9.39. The molecule has 0 aromatic heterocycles. The van der Waals surface area contributed by atoms with Gasteiger partial charge in [0.1, 0.15) is 6.16 Å². The van der Waals surface area contributed by atoms with Gasteiger partial charge in [-0.15, -0.1) is 0 Å². The van der Waals surface area contributed by atoms with Crippen LogP contribution in [0, 0.1) is 34.6 Å². The zero-order valence-electron chi connectivity index (χ0n) is 14.7. The van der Waals surface area contributed by atoms with Crippen LogP contribution in [0.5, 0.6) is 0 Å². The van der Waals surface area contributed by atoms with Crippen LogP contribution in [0.1, 0.15) is 52.0 Å². The Labute approximate surface area is 133 Å². The molecule has 0 N–H and O–H groups in total. The maximum absolute atomic E-state index is 12.7. The Morgan fingerprint density at radius 2 is 1.18 bits per heavy atom. The second-order valence-corrected chi connectivity index (χ2v) is 7.58. The highest BCUT2D eigenvalue weighted by Gasteiger charge is 2.30. The summed E-state index contributed by atoms with van der Waals surface area (Å²) in [6.07, 6.45) is -0.210. The molecule has 1 aromatic rings. The van der Waals surface area contributed by atoms with E-state index < -0.39 is 7.60 Å². The normalized spacial score (nSPS) is 11.8.